The summed E-state index contributed by atoms with van der Waals surface area (Å²) in [6.45, 7) is 7.00. The van der Waals surface area contributed by atoms with Crippen molar-refractivity contribution in [3.8, 4) is 5.75 Å². The molecular weight excluding hydrogens is 566 g/mol. The van der Waals surface area contributed by atoms with E-state index in [1.165, 1.54) is 12.1 Å². The molecule has 0 heterocycles. The molecule has 240 valence electrons. The standard InChI is InChI=1S/C32H45N5O7/c1-19(2)14-25(35-28(39)18-34-29(40)24(33)16-22-10-12-23(38)13-11-22)30(41)36-26(17-21-8-6-5-7-9-21)31(42)37-27(32(43)44)15-20(3)4/h5-13,19-20,24-27,38H,14-18,33H2,1-4H3,(H,34,40)(H,35,39)(H,36,41)(H,37,42)(H,43,44)/t24-,25-,26-,27-/m0/s1. The quantitative estimate of drug-likeness (QED) is 0.139. The van der Waals surface area contributed by atoms with E-state index in [0.29, 0.717) is 0 Å². The van der Waals surface area contributed by atoms with Crippen LogP contribution in [0, 0.1) is 11.8 Å². The summed E-state index contributed by atoms with van der Waals surface area (Å²) in [5.74, 6) is -3.54. The van der Waals surface area contributed by atoms with E-state index < -0.39 is 60.3 Å². The second-order valence-corrected chi connectivity index (χ2v) is 11.7. The Kier molecular flexibility index (Phi) is 14.3. The number of phenols is 1. The normalized spacial score (nSPS) is 13.8. The van der Waals surface area contributed by atoms with Gasteiger partial charge in [-0.2, -0.15) is 0 Å². The Labute approximate surface area is 258 Å². The van der Waals surface area contributed by atoms with Crippen molar-refractivity contribution in [1.29, 1.82) is 0 Å². The lowest BCUT2D eigenvalue weighted by Gasteiger charge is -2.26. The van der Waals surface area contributed by atoms with E-state index in [1.807, 2.05) is 33.8 Å². The Morgan fingerprint density at radius 3 is 1.77 bits per heavy atom. The Bertz CT molecular complexity index is 1250. The molecule has 0 saturated heterocycles. The van der Waals surface area contributed by atoms with Gasteiger partial charge in [-0.15, -0.1) is 0 Å². The first-order valence-corrected chi connectivity index (χ1v) is 14.7. The zero-order valence-corrected chi connectivity index (χ0v) is 25.7. The van der Waals surface area contributed by atoms with Crippen molar-refractivity contribution < 1.29 is 34.2 Å². The Hall–Kier alpha value is -4.45. The molecule has 4 atom stereocenters. The number of carbonyl (C=O) groups excluding carboxylic acids is 4. The van der Waals surface area contributed by atoms with Crippen molar-refractivity contribution >= 4 is 29.6 Å². The minimum atomic E-state index is -1.17. The average molecular weight is 612 g/mol. The number of phenolic OH excluding ortho intramolecular Hbond substituents is 1. The first-order chi connectivity index (χ1) is 20.7. The fraction of sp³-hybridized carbons (Fsp3) is 0.469. The number of carbonyl (C=O) groups is 5. The van der Waals surface area contributed by atoms with E-state index >= 15 is 0 Å². The van der Waals surface area contributed by atoms with Crippen LogP contribution in [0.1, 0.15) is 51.7 Å². The summed E-state index contributed by atoms with van der Waals surface area (Å²) in [7, 11) is 0. The second kappa shape index (κ2) is 17.6. The highest BCUT2D eigenvalue weighted by Crippen LogP contribution is 2.12. The second-order valence-electron chi connectivity index (χ2n) is 11.7. The van der Waals surface area contributed by atoms with E-state index in [4.69, 9.17) is 5.73 Å². The van der Waals surface area contributed by atoms with Crippen molar-refractivity contribution in [3.05, 3.63) is 65.7 Å². The van der Waals surface area contributed by atoms with Gasteiger partial charge in [0, 0.05) is 6.42 Å². The van der Waals surface area contributed by atoms with Gasteiger partial charge in [-0.1, -0.05) is 70.2 Å². The molecular formula is C32H45N5O7. The molecule has 4 amide bonds. The molecule has 2 rings (SSSR count). The highest BCUT2D eigenvalue weighted by molar-refractivity contribution is 5.94. The van der Waals surface area contributed by atoms with E-state index in [2.05, 4.69) is 21.3 Å². The minimum Gasteiger partial charge on any atom is -0.508 e. The molecule has 0 fully saturated rings. The third kappa shape index (κ3) is 12.8. The van der Waals surface area contributed by atoms with Gasteiger partial charge in [0.25, 0.3) is 0 Å². The molecule has 0 unspecified atom stereocenters. The maximum atomic E-state index is 13.4. The third-order valence-electron chi connectivity index (χ3n) is 6.75. The molecule has 2 aromatic rings. The molecule has 0 aliphatic carbocycles. The van der Waals surface area contributed by atoms with Gasteiger partial charge in [0.1, 0.15) is 23.9 Å². The molecule has 44 heavy (non-hydrogen) atoms. The van der Waals surface area contributed by atoms with Crippen LogP contribution < -0.4 is 27.0 Å². The van der Waals surface area contributed by atoms with Crippen molar-refractivity contribution in [2.24, 2.45) is 17.6 Å². The van der Waals surface area contributed by atoms with Crippen molar-refractivity contribution in [2.45, 2.75) is 77.5 Å². The molecule has 0 aromatic heterocycles. The maximum Gasteiger partial charge on any atom is 0.326 e. The van der Waals surface area contributed by atoms with Crippen LogP contribution in [0.5, 0.6) is 5.75 Å². The van der Waals surface area contributed by atoms with Crippen LogP contribution in [0.4, 0.5) is 0 Å². The van der Waals surface area contributed by atoms with Crippen LogP contribution in [-0.4, -0.2) is 70.5 Å². The smallest absolute Gasteiger partial charge is 0.326 e. The summed E-state index contributed by atoms with van der Waals surface area (Å²) in [6.07, 6.45) is 0.751. The average Bonchev–Trinajstić information content (AvgIpc) is 2.95. The number of carboxylic acid groups (broad SMARTS) is 1. The van der Waals surface area contributed by atoms with Crippen LogP contribution in [-0.2, 0) is 36.8 Å². The number of benzene rings is 2. The Morgan fingerprint density at radius 1 is 0.682 bits per heavy atom. The number of rotatable bonds is 17. The van der Waals surface area contributed by atoms with Crippen LogP contribution in [0.2, 0.25) is 0 Å². The third-order valence-corrected chi connectivity index (χ3v) is 6.75. The Morgan fingerprint density at radius 2 is 1.20 bits per heavy atom. The zero-order chi connectivity index (χ0) is 32.8. The van der Waals surface area contributed by atoms with Crippen molar-refractivity contribution in [1.82, 2.24) is 21.3 Å². The Balaban J connectivity index is 2.09. The summed E-state index contributed by atoms with van der Waals surface area (Å²) < 4.78 is 0. The fourth-order valence-corrected chi connectivity index (χ4v) is 4.52. The van der Waals surface area contributed by atoms with E-state index in [0.717, 1.165) is 11.1 Å². The molecule has 12 heteroatoms. The molecule has 0 radical (unpaired) electrons. The number of hydrogen-bond donors (Lipinski definition) is 7. The number of aromatic hydroxyl groups is 1. The van der Waals surface area contributed by atoms with Gasteiger partial charge in [0.2, 0.25) is 23.6 Å². The number of nitrogens with one attached hydrogen (secondary N) is 4. The lowest BCUT2D eigenvalue weighted by molar-refractivity contribution is -0.142. The lowest BCUT2D eigenvalue weighted by atomic mass is 10.00. The van der Waals surface area contributed by atoms with Gasteiger partial charge in [-0.05, 0) is 54.4 Å². The SMILES string of the molecule is CC(C)C[C@H](NC(=O)[C@H](Cc1ccccc1)NC(=O)[C@H](CC(C)C)NC(=O)CNC(=O)[C@@H](N)Cc1ccc(O)cc1)C(=O)O. The zero-order valence-electron chi connectivity index (χ0n) is 25.7. The molecule has 12 nitrogen and oxygen atoms in total. The highest BCUT2D eigenvalue weighted by Gasteiger charge is 2.30. The minimum absolute atomic E-state index is 0.00653. The summed E-state index contributed by atoms with van der Waals surface area (Å²) in [4.78, 5) is 63.8. The van der Waals surface area contributed by atoms with Gasteiger partial charge in [0.15, 0.2) is 0 Å². The highest BCUT2D eigenvalue weighted by atomic mass is 16.4. The fourth-order valence-electron chi connectivity index (χ4n) is 4.52. The first-order valence-electron chi connectivity index (χ1n) is 14.7. The molecule has 0 bridgehead atoms. The molecule has 2 aromatic carbocycles. The largest absolute Gasteiger partial charge is 0.508 e. The lowest BCUT2D eigenvalue weighted by Crippen LogP contribution is -2.57. The van der Waals surface area contributed by atoms with Gasteiger partial charge < -0.3 is 37.2 Å². The molecule has 0 aliphatic heterocycles. The number of hydrogen-bond acceptors (Lipinski definition) is 7. The number of nitrogens with two attached hydrogens (primary N) is 1. The van der Waals surface area contributed by atoms with E-state index in [-0.39, 0.29) is 43.3 Å². The predicted molar refractivity (Wildman–Crippen MR) is 165 cm³/mol. The van der Waals surface area contributed by atoms with Gasteiger partial charge in [-0.25, -0.2) is 4.79 Å². The molecule has 0 saturated carbocycles. The van der Waals surface area contributed by atoms with E-state index in [1.54, 1.807) is 36.4 Å². The van der Waals surface area contributed by atoms with Crippen LogP contribution in [0.15, 0.2) is 54.6 Å². The van der Waals surface area contributed by atoms with Gasteiger partial charge >= 0.3 is 5.97 Å². The summed E-state index contributed by atoms with van der Waals surface area (Å²) in [5.41, 5.74) is 7.45. The number of carboxylic acids is 1. The topological polar surface area (TPSA) is 200 Å². The monoisotopic (exact) mass is 611 g/mol. The number of amides is 4. The first kappa shape index (κ1) is 35.7. The molecule has 8 N–H and O–H groups in total. The number of aliphatic carboxylic acids is 1. The maximum absolute atomic E-state index is 13.4. The summed E-state index contributed by atoms with van der Waals surface area (Å²) in [6, 6.07) is 11.0. The van der Waals surface area contributed by atoms with E-state index in [9.17, 15) is 34.2 Å². The van der Waals surface area contributed by atoms with Crippen LogP contribution in [0.3, 0.4) is 0 Å². The summed E-state index contributed by atoms with van der Waals surface area (Å²) >= 11 is 0. The van der Waals surface area contributed by atoms with Crippen molar-refractivity contribution in [2.75, 3.05) is 6.54 Å². The van der Waals surface area contributed by atoms with Crippen LogP contribution >= 0.6 is 0 Å². The van der Waals surface area contributed by atoms with Crippen LogP contribution in [0.25, 0.3) is 0 Å². The molecule has 0 aliphatic rings. The van der Waals surface area contributed by atoms with Gasteiger partial charge in [0.05, 0.1) is 12.6 Å². The van der Waals surface area contributed by atoms with Gasteiger partial charge in [-0.3, -0.25) is 19.2 Å². The summed E-state index contributed by atoms with van der Waals surface area (Å²) in [5, 5.41) is 29.4. The molecule has 0 spiro atoms. The van der Waals surface area contributed by atoms with Crippen molar-refractivity contribution in [3.63, 3.8) is 0 Å². The predicted octanol–water partition coefficient (Wildman–Crippen LogP) is 1.25.